The summed E-state index contributed by atoms with van der Waals surface area (Å²) in [6.45, 7) is 3.50. The third kappa shape index (κ3) is 3.71. The first-order valence-corrected chi connectivity index (χ1v) is 7.49. The van der Waals surface area contributed by atoms with Gasteiger partial charge in [0.25, 0.3) is 11.6 Å². The number of amides is 1. The fraction of sp³-hybridized carbons (Fsp3) is 0.188. The molecule has 1 N–H and O–H groups in total. The number of carbonyl (C=O) groups is 1. The van der Waals surface area contributed by atoms with Gasteiger partial charge in [-0.25, -0.2) is 0 Å². The van der Waals surface area contributed by atoms with E-state index in [4.69, 9.17) is 0 Å². The van der Waals surface area contributed by atoms with E-state index in [1.165, 1.54) is 18.2 Å². The average Bonchev–Trinajstić information content (AvgIpc) is 2.46. The number of nitro groups is 1. The molecular formula is C16H15BrN2O3. The molecule has 5 nitrogen and oxygen atoms in total. The minimum Gasteiger partial charge on any atom is -0.346 e. The fourth-order valence-electron chi connectivity index (χ4n) is 2.14. The molecule has 0 fully saturated rings. The van der Waals surface area contributed by atoms with Gasteiger partial charge in [-0.3, -0.25) is 14.9 Å². The molecule has 1 atom stereocenters. The molecule has 6 heteroatoms. The van der Waals surface area contributed by atoms with Gasteiger partial charge >= 0.3 is 0 Å². The highest BCUT2D eigenvalue weighted by atomic mass is 79.9. The number of carbonyl (C=O) groups excluding carboxylic acids is 1. The second kappa shape index (κ2) is 6.70. The lowest BCUT2D eigenvalue weighted by molar-refractivity contribution is -0.385. The number of rotatable bonds is 4. The fourth-order valence-corrected chi connectivity index (χ4v) is 2.56. The van der Waals surface area contributed by atoms with Gasteiger partial charge < -0.3 is 5.32 Å². The third-order valence-corrected chi connectivity index (χ3v) is 3.85. The summed E-state index contributed by atoms with van der Waals surface area (Å²) in [7, 11) is 0. The Kier molecular flexibility index (Phi) is 4.92. The summed E-state index contributed by atoms with van der Waals surface area (Å²) >= 11 is 3.40. The molecule has 0 bridgehead atoms. The van der Waals surface area contributed by atoms with Crippen LogP contribution in [0.1, 0.15) is 34.5 Å². The molecule has 0 heterocycles. The van der Waals surface area contributed by atoms with Gasteiger partial charge in [0.05, 0.1) is 11.0 Å². The van der Waals surface area contributed by atoms with E-state index in [2.05, 4.69) is 21.2 Å². The first-order chi connectivity index (χ1) is 10.4. The topological polar surface area (TPSA) is 72.2 Å². The first-order valence-electron chi connectivity index (χ1n) is 6.70. The standard InChI is InChI=1S/C16H15BrN2O3/c1-10-8-13(6-7-15(10)19(21)22)16(20)18-11(2)12-4-3-5-14(17)9-12/h3-9,11H,1-2H3,(H,18,20). The molecule has 2 aromatic rings. The lowest BCUT2D eigenvalue weighted by atomic mass is 10.1. The minimum absolute atomic E-state index is 0.0107. The zero-order valence-electron chi connectivity index (χ0n) is 12.2. The second-order valence-electron chi connectivity index (χ2n) is 5.01. The van der Waals surface area contributed by atoms with Crippen LogP contribution in [0, 0.1) is 17.0 Å². The van der Waals surface area contributed by atoms with Crippen molar-refractivity contribution in [1.82, 2.24) is 5.32 Å². The van der Waals surface area contributed by atoms with Crippen molar-refractivity contribution in [2.75, 3.05) is 0 Å². The summed E-state index contributed by atoms with van der Waals surface area (Å²) in [5.41, 5.74) is 1.86. The maximum atomic E-state index is 12.3. The van der Waals surface area contributed by atoms with Crippen LogP contribution in [0.4, 0.5) is 5.69 Å². The summed E-state index contributed by atoms with van der Waals surface area (Å²) in [5.74, 6) is -0.259. The summed E-state index contributed by atoms with van der Waals surface area (Å²) in [5, 5.41) is 13.7. The van der Waals surface area contributed by atoms with Gasteiger partial charge in [-0.2, -0.15) is 0 Å². The number of hydrogen-bond donors (Lipinski definition) is 1. The van der Waals surface area contributed by atoms with Gasteiger partial charge in [0.1, 0.15) is 0 Å². The normalized spacial score (nSPS) is 11.8. The number of halogens is 1. The zero-order valence-corrected chi connectivity index (χ0v) is 13.8. The van der Waals surface area contributed by atoms with Crippen molar-refractivity contribution in [3.05, 3.63) is 73.7 Å². The number of nitrogens with zero attached hydrogens (tertiary/aromatic N) is 1. The summed E-state index contributed by atoms with van der Waals surface area (Å²) < 4.78 is 0.942. The smallest absolute Gasteiger partial charge is 0.272 e. The van der Waals surface area contributed by atoms with Crippen molar-refractivity contribution in [3.8, 4) is 0 Å². The molecule has 0 radical (unpaired) electrons. The highest BCUT2D eigenvalue weighted by Crippen LogP contribution is 2.21. The van der Waals surface area contributed by atoms with Crippen LogP contribution in [-0.2, 0) is 0 Å². The van der Waals surface area contributed by atoms with Crippen LogP contribution in [-0.4, -0.2) is 10.8 Å². The Morgan fingerprint density at radius 2 is 2.00 bits per heavy atom. The average molecular weight is 363 g/mol. The van der Waals surface area contributed by atoms with Gasteiger partial charge in [-0.1, -0.05) is 28.1 Å². The Morgan fingerprint density at radius 1 is 1.27 bits per heavy atom. The van der Waals surface area contributed by atoms with Crippen LogP contribution < -0.4 is 5.32 Å². The number of benzene rings is 2. The van der Waals surface area contributed by atoms with Crippen LogP contribution in [0.2, 0.25) is 0 Å². The number of aryl methyl sites for hydroxylation is 1. The van der Waals surface area contributed by atoms with E-state index in [1.54, 1.807) is 6.92 Å². The molecule has 0 aliphatic carbocycles. The van der Waals surface area contributed by atoms with Crippen LogP contribution in [0.3, 0.4) is 0 Å². The molecule has 0 saturated heterocycles. The molecule has 1 unspecified atom stereocenters. The quantitative estimate of drug-likeness (QED) is 0.655. The maximum Gasteiger partial charge on any atom is 0.272 e. The van der Waals surface area contributed by atoms with Crippen LogP contribution in [0.5, 0.6) is 0 Å². The lowest BCUT2D eigenvalue weighted by Crippen LogP contribution is -2.26. The van der Waals surface area contributed by atoms with Crippen molar-refractivity contribution in [2.24, 2.45) is 0 Å². The SMILES string of the molecule is Cc1cc(C(=O)NC(C)c2cccc(Br)c2)ccc1[N+](=O)[O-]. The molecule has 1 amide bonds. The first kappa shape index (κ1) is 16.2. The molecule has 0 aliphatic heterocycles. The zero-order chi connectivity index (χ0) is 16.3. The van der Waals surface area contributed by atoms with Gasteiger partial charge in [0, 0.05) is 21.7 Å². The predicted octanol–water partition coefficient (Wildman–Crippen LogP) is 4.16. The largest absolute Gasteiger partial charge is 0.346 e. The molecular weight excluding hydrogens is 348 g/mol. The lowest BCUT2D eigenvalue weighted by Gasteiger charge is -2.15. The molecule has 0 spiro atoms. The summed E-state index contributed by atoms with van der Waals surface area (Å²) in [6.07, 6.45) is 0. The summed E-state index contributed by atoms with van der Waals surface area (Å²) in [6, 6.07) is 11.9. The van der Waals surface area contributed by atoms with Crippen LogP contribution >= 0.6 is 15.9 Å². The highest BCUT2D eigenvalue weighted by Gasteiger charge is 2.15. The Bertz CT molecular complexity index is 731. The second-order valence-corrected chi connectivity index (χ2v) is 5.92. The Morgan fingerprint density at radius 3 is 2.59 bits per heavy atom. The third-order valence-electron chi connectivity index (χ3n) is 3.35. The Labute approximate surface area is 136 Å². The maximum absolute atomic E-state index is 12.3. The minimum atomic E-state index is -0.457. The van der Waals surface area contributed by atoms with E-state index < -0.39 is 4.92 Å². The Hall–Kier alpha value is -2.21. The van der Waals surface area contributed by atoms with Gasteiger partial charge in [-0.15, -0.1) is 0 Å². The van der Waals surface area contributed by atoms with Crippen molar-refractivity contribution in [3.63, 3.8) is 0 Å². The van der Waals surface area contributed by atoms with E-state index in [0.29, 0.717) is 11.1 Å². The van der Waals surface area contributed by atoms with E-state index in [0.717, 1.165) is 10.0 Å². The molecule has 22 heavy (non-hydrogen) atoms. The molecule has 2 aromatic carbocycles. The van der Waals surface area contributed by atoms with Crippen molar-refractivity contribution < 1.29 is 9.72 Å². The van der Waals surface area contributed by atoms with Crippen molar-refractivity contribution in [1.29, 1.82) is 0 Å². The van der Waals surface area contributed by atoms with E-state index in [9.17, 15) is 14.9 Å². The molecule has 0 aromatic heterocycles. The predicted molar refractivity (Wildman–Crippen MR) is 87.9 cm³/mol. The summed E-state index contributed by atoms with van der Waals surface area (Å²) in [4.78, 5) is 22.6. The molecule has 0 aliphatic rings. The Balaban J connectivity index is 2.15. The highest BCUT2D eigenvalue weighted by molar-refractivity contribution is 9.10. The van der Waals surface area contributed by atoms with E-state index in [1.807, 2.05) is 31.2 Å². The monoisotopic (exact) mass is 362 g/mol. The van der Waals surface area contributed by atoms with Crippen molar-refractivity contribution in [2.45, 2.75) is 19.9 Å². The van der Waals surface area contributed by atoms with Gasteiger partial charge in [0.2, 0.25) is 0 Å². The molecule has 2 rings (SSSR count). The number of nitrogens with one attached hydrogen (secondary N) is 1. The van der Waals surface area contributed by atoms with Crippen LogP contribution in [0.25, 0.3) is 0 Å². The molecule has 0 saturated carbocycles. The number of nitro benzene ring substituents is 1. The van der Waals surface area contributed by atoms with E-state index >= 15 is 0 Å². The number of hydrogen-bond acceptors (Lipinski definition) is 3. The van der Waals surface area contributed by atoms with Gasteiger partial charge in [0.15, 0.2) is 0 Å². The molecule has 114 valence electrons. The van der Waals surface area contributed by atoms with Crippen molar-refractivity contribution >= 4 is 27.5 Å². The van der Waals surface area contributed by atoms with E-state index in [-0.39, 0.29) is 17.6 Å². The van der Waals surface area contributed by atoms with Gasteiger partial charge in [-0.05, 0) is 43.7 Å². The van der Waals surface area contributed by atoms with Crippen LogP contribution in [0.15, 0.2) is 46.9 Å².